The van der Waals surface area contributed by atoms with Crippen molar-refractivity contribution in [3.05, 3.63) is 60.3 Å². The number of anilines is 1. The molecule has 2 aliphatic carbocycles. The maximum Gasteiger partial charge on any atom is 0.189 e. The van der Waals surface area contributed by atoms with Crippen LogP contribution in [0.3, 0.4) is 0 Å². The van der Waals surface area contributed by atoms with Crippen molar-refractivity contribution >= 4 is 21.3 Å². The van der Waals surface area contributed by atoms with E-state index in [1.807, 2.05) is 29.2 Å². The number of benzene rings is 1. The van der Waals surface area contributed by atoms with Crippen LogP contribution in [-0.4, -0.2) is 59.7 Å². The van der Waals surface area contributed by atoms with Crippen molar-refractivity contribution in [1.29, 1.82) is 5.26 Å². The zero-order valence-corrected chi connectivity index (χ0v) is 23.4. The molecule has 0 radical (unpaired) electrons. The summed E-state index contributed by atoms with van der Waals surface area (Å²) in [7, 11) is -3.01. The first-order chi connectivity index (χ1) is 19.7. The van der Waals surface area contributed by atoms with Crippen molar-refractivity contribution in [2.24, 2.45) is 11.3 Å². The van der Waals surface area contributed by atoms with E-state index < -0.39 is 33.2 Å². The van der Waals surface area contributed by atoms with Crippen LogP contribution < -0.4 is 4.90 Å². The Kier molecular flexibility index (Phi) is 7.14. The van der Waals surface area contributed by atoms with E-state index in [0.717, 1.165) is 11.3 Å². The minimum atomic E-state index is -3.01. The molecule has 8 nitrogen and oxygen atoms in total. The SMILES string of the molecule is N#CC1(CC(=O)[C@@H]2C[C@@H](F)CC[C@H]2c2nn(-c3ncccc3F)cc2-c2ccc(N3CCS(=O)(=O)CC3)cc2)CC1. The molecule has 6 rings (SSSR count). The van der Waals surface area contributed by atoms with Crippen LogP contribution in [0.1, 0.15) is 50.1 Å². The van der Waals surface area contributed by atoms with Crippen molar-refractivity contribution in [2.75, 3.05) is 29.5 Å². The Morgan fingerprint density at radius 3 is 2.51 bits per heavy atom. The zero-order valence-electron chi connectivity index (χ0n) is 22.5. The number of nitrogens with zero attached hydrogens (tertiary/aromatic N) is 5. The van der Waals surface area contributed by atoms with Crippen molar-refractivity contribution in [3.8, 4) is 23.0 Å². The van der Waals surface area contributed by atoms with Crippen LogP contribution in [0.25, 0.3) is 16.9 Å². The minimum Gasteiger partial charge on any atom is -0.369 e. The number of aromatic nitrogens is 3. The van der Waals surface area contributed by atoms with Crippen LogP contribution in [0, 0.1) is 28.5 Å². The predicted molar refractivity (Wildman–Crippen MR) is 150 cm³/mol. The number of alkyl halides is 1. The van der Waals surface area contributed by atoms with Gasteiger partial charge in [0.2, 0.25) is 0 Å². The Bertz CT molecular complexity index is 1600. The molecule has 1 saturated heterocycles. The molecule has 3 fully saturated rings. The number of pyridine rings is 1. The van der Waals surface area contributed by atoms with E-state index in [9.17, 15) is 27.3 Å². The molecule has 0 N–H and O–H groups in total. The number of rotatable bonds is 7. The molecule has 0 unspecified atom stereocenters. The summed E-state index contributed by atoms with van der Waals surface area (Å²) in [5.74, 6) is -1.43. The lowest BCUT2D eigenvalue weighted by Crippen LogP contribution is -2.40. The highest BCUT2D eigenvalue weighted by Gasteiger charge is 2.48. The second kappa shape index (κ2) is 10.6. The first-order valence-electron chi connectivity index (χ1n) is 14.0. The number of nitriles is 1. The van der Waals surface area contributed by atoms with Crippen molar-refractivity contribution < 1.29 is 22.0 Å². The van der Waals surface area contributed by atoms with Gasteiger partial charge in [0.1, 0.15) is 12.0 Å². The van der Waals surface area contributed by atoms with E-state index >= 15 is 0 Å². The van der Waals surface area contributed by atoms with Crippen LogP contribution >= 0.6 is 0 Å². The maximum atomic E-state index is 14.8. The molecular formula is C30H31F2N5O3S. The molecule has 2 saturated carbocycles. The van der Waals surface area contributed by atoms with Crippen LogP contribution in [0.4, 0.5) is 14.5 Å². The number of carbonyl (C=O) groups excluding carboxylic acids is 1. The zero-order chi connectivity index (χ0) is 28.8. The van der Waals surface area contributed by atoms with Gasteiger partial charge in [-0.2, -0.15) is 10.4 Å². The smallest absolute Gasteiger partial charge is 0.189 e. The standard InChI is InChI=1S/C30H31F2N5O3S/c31-21-5-8-23(24(16-21)27(38)17-30(19-33)9-10-30)28-25(18-37(35-28)29-26(32)2-1-11-34-29)20-3-6-22(7-4-20)36-12-14-41(39,40)15-13-36/h1-4,6-7,11,18,21,23-24H,5,8-10,12-17H2/t21-,23+,24+/m0/s1. The van der Waals surface area contributed by atoms with Gasteiger partial charge in [0.15, 0.2) is 21.5 Å². The van der Waals surface area contributed by atoms with Gasteiger partial charge in [0, 0.05) is 55.0 Å². The number of ketones is 1. The molecule has 41 heavy (non-hydrogen) atoms. The molecule has 3 heterocycles. The molecular weight excluding hydrogens is 548 g/mol. The minimum absolute atomic E-state index is 0.0228. The number of hydrogen-bond acceptors (Lipinski definition) is 7. The van der Waals surface area contributed by atoms with E-state index in [-0.39, 0.29) is 41.9 Å². The van der Waals surface area contributed by atoms with E-state index in [2.05, 4.69) is 11.1 Å². The Labute approximate surface area is 237 Å². The van der Waals surface area contributed by atoms with Crippen LogP contribution in [-0.2, 0) is 14.6 Å². The third-order valence-corrected chi connectivity index (χ3v) is 10.4. The van der Waals surface area contributed by atoms with Crippen LogP contribution in [0.2, 0.25) is 0 Å². The Morgan fingerprint density at radius 1 is 1.12 bits per heavy atom. The van der Waals surface area contributed by atoms with Gasteiger partial charge >= 0.3 is 0 Å². The fourth-order valence-electron chi connectivity index (χ4n) is 6.11. The maximum absolute atomic E-state index is 14.8. The third kappa shape index (κ3) is 5.62. The summed E-state index contributed by atoms with van der Waals surface area (Å²) < 4.78 is 54.5. The number of Topliss-reactive ketones (excluding diaryl/α,β-unsaturated/α-hetero) is 1. The van der Waals surface area contributed by atoms with Crippen LogP contribution in [0.5, 0.6) is 0 Å². The molecule has 0 bridgehead atoms. The molecule has 2 aromatic heterocycles. The van der Waals surface area contributed by atoms with Gasteiger partial charge in [-0.1, -0.05) is 12.1 Å². The lowest BCUT2D eigenvalue weighted by atomic mass is 9.72. The summed E-state index contributed by atoms with van der Waals surface area (Å²) in [5.41, 5.74) is 2.34. The number of sulfone groups is 1. The molecule has 3 atom stereocenters. The quantitative estimate of drug-likeness (QED) is 0.396. The lowest BCUT2D eigenvalue weighted by molar-refractivity contribution is -0.126. The van der Waals surface area contributed by atoms with Gasteiger partial charge in [-0.25, -0.2) is 26.9 Å². The summed E-state index contributed by atoms with van der Waals surface area (Å²) in [6.45, 7) is 0.842. The molecule has 3 aliphatic rings. The summed E-state index contributed by atoms with van der Waals surface area (Å²) in [5, 5.41) is 14.3. The second-order valence-corrected chi connectivity index (χ2v) is 13.8. The highest BCUT2D eigenvalue weighted by molar-refractivity contribution is 7.91. The van der Waals surface area contributed by atoms with Gasteiger partial charge in [-0.15, -0.1) is 0 Å². The molecule has 1 aromatic carbocycles. The van der Waals surface area contributed by atoms with Gasteiger partial charge < -0.3 is 4.90 Å². The topological polar surface area (TPSA) is 109 Å². The number of carbonyl (C=O) groups is 1. The second-order valence-electron chi connectivity index (χ2n) is 11.5. The van der Waals surface area contributed by atoms with Crippen LogP contribution in [0.15, 0.2) is 48.8 Å². The van der Waals surface area contributed by atoms with Gasteiger partial charge in [-0.3, -0.25) is 4.79 Å². The molecule has 3 aromatic rings. The van der Waals surface area contributed by atoms with Crippen molar-refractivity contribution in [3.63, 3.8) is 0 Å². The Hall–Kier alpha value is -3.65. The van der Waals surface area contributed by atoms with E-state index in [1.165, 1.54) is 23.0 Å². The number of halogens is 2. The number of hydrogen-bond donors (Lipinski definition) is 0. The monoisotopic (exact) mass is 579 g/mol. The van der Waals surface area contributed by atoms with E-state index in [4.69, 9.17) is 5.10 Å². The molecule has 1 aliphatic heterocycles. The molecule has 11 heteroatoms. The first kappa shape index (κ1) is 27.5. The summed E-state index contributed by atoms with van der Waals surface area (Å²) in [6.07, 6.45) is 4.32. The highest BCUT2D eigenvalue weighted by atomic mass is 32.2. The van der Waals surface area contributed by atoms with Gasteiger partial charge in [0.05, 0.1) is 28.7 Å². The summed E-state index contributed by atoms with van der Waals surface area (Å²) in [4.78, 5) is 19.7. The molecule has 214 valence electrons. The molecule has 0 spiro atoms. The van der Waals surface area contributed by atoms with E-state index in [1.54, 1.807) is 6.20 Å². The van der Waals surface area contributed by atoms with Crippen molar-refractivity contribution in [2.45, 2.75) is 50.6 Å². The normalized spacial score (nSPS) is 24.9. The Balaban J connectivity index is 1.37. The molecule has 0 amide bonds. The fourth-order valence-corrected chi connectivity index (χ4v) is 7.31. The third-order valence-electron chi connectivity index (χ3n) is 8.74. The van der Waals surface area contributed by atoms with E-state index in [0.29, 0.717) is 50.0 Å². The average Bonchev–Trinajstić information content (AvgIpc) is 3.60. The van der Waals surface area contributed by atoms with Crippen molar-refractivity contribution in [1.82, 2.24) is 14.8 Å². The summed E-state index contributed by atoms with van der Waals surface area (Å²) in [6, 6.07) is 12.7. The average molecular weight is 580 g/mol. The largest absolute Gasteiger partial charge is 0.369 e. The van der Waals surface area contributed by atoms with Gasteiger partial charge in [0.25, 0.3) is 0 Å². The highest BCUT2D eigenvalue weighted by Crippen LogP contribution is 2.51. The predicted octanol–water partition coefficient (Wildman–Crippen LogP) is 4.79. The first-order valence-corrected chi connectivity index (χ1v) is 15.8. The lowest BCUT2D eigenvalue weighted by Gasteiger charge is -2.32. The summed E-state index contributed by atoms with van der Waals surface area (Å²) >= 11 is 0. The fraction of sp³-hybridized carbons (Fsp3) is 0.467. The Morgan fingerprint density at radius 2 is 1.85 bits per heavy atom. The van der Waals surface area contributed by atoms with Gasteiger partial charge in [-0.05, 0) is 61.9 Å².